The lowest BCUT2D eigenvalue weighted by Crippen LogP contribution is -2.26. The standard InChI is InChI=1S/C15H15ClN2O2/c1-18(10-5-3-6-11(9-10)20-2)15(19)12-7-4-8-13(17)14(12)16/h3-9H,17H2,1-2H3. The van der Waals surface area contributed by atoms with Crippen molar-refractivity contribution in [3.05, 3.63) is 53.1 Å². The highest BCUT2D eigenvalue weighted by Gasteiger charge is 2.17. The van der Waals surface area contributed by atoms with Crippen LogP contribution in [-0.4, -0.2) is 20.1 Å². The van der Waals surface area contributed by atoms with Gasteiger partial charge in [0.1, 0.15) is 5.75 Å². The molecule has 0 aliphatic heterocycles. The van der Waals surface area contributed by atoms with E-state index in [1.54, 1.807) is 38.4 Å². The molecule has 0 bridgehead atoms. The number of hydrogen-bond acceptors (Lipinski definition) is 3. The third-order valence-corrected chi connectivity index (χ3v) is 3.43. The molecule has 0 unspecified atom stereocenters. The Kier molecular flexibility index (Phi) is 4.15. The predicted molar refractivity (Wildman–Crippen MR) is 81.6 cm³/mol. The summed E-state index contributed by atoms with van der Waals surface area (Å²) in [6, 6.07) is 12.2. The summed E-state index contributed by atoms with van der Waals surface area (Å²) in [5.41, 5.74) is 7.19. The number of amides is 1. The van der Waals surface area contributed by atoms with Crippen LogP contribution in [0.1, 0.15) is 10.4 Å². The Labute approximate surface area is 122 Å². The van der Waals surface area contributed by atoms with E-state index in [9.17, 15) is 4.79 Å². The molecule has 0 aliphatic carbocycles. The van der Waals surface area contributed by atoms with Crippen molar-refractivity contribution in [3.8, 4) is 5.75 Å². The molecule has 104 valence electrons. The van der Waals surface area contributed by atoms with Crippen molar-refractivity contribution in [2.24, 2.45) is 0 Å². The SMILES string of the molecule is COc1cccc(N(C)C(=O)c2cccc(N)c2Cl)c1. The van der Waals surface area contributed by atoms with Crippen LogP contribution in [0.15, 0.2) is 42.5 Å². The zero-order valence-electron chi connectivity index (χ0n) is 11.3. The topological polar surface area (TPSA) is 55.6 Å². The van der Waals surface area contributed by atoms with Crippen molar-refractivity contribution >= 4 is 28.9 Å². The van der Waals surface area contributed by atoms with Gasteiger partial charge in [-0.25, -0.2) is 0 Å². The van der Waals surface area contributed by atoms with Crippen molar-refractivity contribution in [2.45, 2.75) is 0 Å². The Morgan fingerprint density at radius 3 is 2.65 bits per heavy atom. The molecule has 0 aromatic heterocycles. The molecular weight excluding hydrogens is 276 g/mol. The van der Waals surface area contributed by atoms with Gasteiger partial charge in [-0.05, 0) is 24.3 Å². The van der Waals surface area contributed by atoms with Gasteiger partial charge in [0.05, 0.1) is 23.4 Å². The van der Waals surface area contributed by atoms with Crippen molar-refractivity contribution in [3.63, 3.8) is 0 Å². The van der Waals surface area contributed by atoms with Crippen LogP contribution in [0.4, 0.5) is 11.4 Å². The van der Waals surface area contributed by atoms with Crippen LogP contribution in [0.3, 0.4) is 0 Å². The van der Waals surface area contributed by atoms with Crippen LogP contribution in [0.25, 0.3) is 0 Å². The highest BCUT2D eigenvalue weighted by Crippen LogP contribution is 2.27. The minimum Gasteiger partial charge on any atom is -0.497 e. The quantitative estimate of drug-likeness (QED) is 0.883. The van der Waals surface area contributed by atoms with E-state index in [1.807, 2.05) is 18.2 Å². The number of nitrogens with two attached hydrogens (primary N) is 1. The molecule has 0 fully saturated rings. The van der Waals surface area contributed by atoms with E-state index in [4.69, 9.17) is 22.1 Å². The number of carbonyl (C=O) groups excluding carboxylic acids is 1. The van der Waals surface area contributed by atoms with E-state index in [-0.39, 0.29) is 10.9 Å². The highest BCUT2D eigenvalue weighted by atomic mass is 35.5. The predicted octanol–water partition coefficient (Wildman–Crippen LogP) is 3.21. The van der Waals surface area contributed by atoms with Crippen LogP contribution in [0.5, 0.6) is 5.75 Å². The molecule has 0 radical (unpaired) electrons. The minimum atomic E-state index is -0.226. The van der Waals surface area contributed by atoms with Gasteiger partial charge in [0.2, 0.25) is 0 Å². The van der Waals surface area contributed by atoms with Gasteiger partial charge in [-0.3, -0.25) is 4.79 Å². The molecule has 20 heavy (non-hydrogen) atoms. The summed E-state index contributed by atoms with van der Waals surface area (Å²) >= 11 is 6.08. The molecule has 0 saturated carbocycles. The van der Waals surface area contributed by atoms with Gasteiger partial charge in [0.15, 0.2) is 0 Å². The molecule has 0 heterocycles. The van der Waals surface area contributed by atoms with Crippen molar-refractivity contribution in [2.75, 3.05) is 24.8 Å². The highest BCUT2D eigenvalue weighted by molar-refractivity contribution is 6.36. The van der Waals surface area contributed by atoms with Crippen LogP contribution in [0.2, 0.25) is 5.02 Å². The summed E-state index contributed by atoms with van der Waals surface area (Å²) in [4.78, 5) is 14.0. The fourth-order valence-electron chi connectivity index (χ4n) is 1.83. The molecule has 2 rings (SSSR count). The van der Waals surface area contributed by atoms with Crippen molar-refractivity contribution in [1.82, 2.24) is 0 Å². The van der Waals surface area contributed by atoms with Crippen LogP contribution in [0, 0.1) is 0 Å². The van der Waals surface area contributed by atoms with E-state index >= 15 is 0 Å². The first-order valence-corrected chi connectivity index (χ1v) is 6.38. The Morgan fingerprint density at radius 2 is 1.95 bits per heavy atom. The Hall–Kier alpha value is -2.20. The molecular formula is C15H15ClN2O2. The number of anilines is 2. The molecule has 2 aromatic rings. The monoisotopic (exact) mass is 290 g/mol. The first kappa shape index (κ1) is 14.2. The second kappa shape index (κ2) is 5.84. The van der Waals surface area contributed by atoms with Crippen LogP contribution < -0.4 is 15.4 Å². The zero-order valence-corrected chi connectivity index (χ0v) is 12.0. The molecule has 0 spiro atoms. The van der Waals surface area contributed by atoms with Gasteiger partial charge in [0, 0.05) is 18.8 Å². The number of hydrogen-bond donors (Lipinski definition) is 1. The average molecular weight is 291 g/mol. The second-order valence-electron chi connectivity index (χ2n) is 4.27. The lowest BCUT2D eigenvalue weighted by molar-refractivity contribution is 0.0993. The summed E-state index contributed by atoms with van der Waals surface area (Å²) in [6.07, 6.45) is 0. The van der Waals surface area contributed by atoms with Crippen molar-refractivity contribution < 1.29 is 9.53 Å². The summed E-state index contributed by atoms with van der Waals surface area (Å²) in [5.74, 6) is 0.455. The molecule has 0 saturated heterocycles. The van der Waals surface area contributed by atoms with E-state index in [1.165, 1.54) is 4.90 Å². The van der Waals surface area contributed by atoms with Crippen LogP contribution in [-0.2, 0) is 0 Å². The first-order valence-electron chi connectivity index (χ1n) is 6.00. The van der Waals surface area contributed by atoms with Gasteiger partial charge in [-0.1, -0.05) is 23.7 Å². The maximum absolute atomic E-state index is 12.5. The van der Waals surface area contributed by atoms with Crippen LogP contribution >= 0.6 is 11.6 Å². The van der Waals surface area contributed by atoms with Gasteiger partial charge in [0.25, 0.3) is 5.91 Å². The number of methoxy groups -OCH3 is 1. The first-order chi connectivity index (χ1) is 9.54. The maximum atomic E-state index is 12.5. The normalized spacial score (nSPS) is 10.2. The molecule has 4 nitrogen and oxygen atoms in total. The van der Waals surface area contributed by atoms with E-state index in [2.05, 4.69) is 0 Å². The largest absolute Gasteiger partial charge is 0.497 e. The minimum absolute atomic E-state index is 0.226. The Balaban J connectivity index is 2.35. The number of rotatable bonds is 3. The smallest absolute Gasteiger partial charge is 0.259 e. The Morgan fingerprint density at radius 1 is 1.25 bits per heavy atom. The number of carbonyl (C=O) groups is 1. The second-order valence-corrected chi connectivity index (χ2v) is 4.65. The van der Waals surface area contributed by atoms with Gasteiger partial charge in [-0.2, -0.15) is 0 Å². The number of halogens is 1. The number of benzene rings is 2. The summed E-state index contributed by atoms with van der Waals surface area (Å²) < 4.78 is 5.15. The van der Waals surface area contributed by atoms with Gasteiger partial charge < -0.3 is 15.4 Å². The lowest BCUT2D eigenvalue weighted by Gasteiger charge is -2.19. The zero-order chi connectivity index (χ0) is 14.7. The summed E-state index contributed by atoms with van der Waals surface area (Å²) in [7, 11) is 3.26. The summed E-state index contributed by atoms with van der Waals surface area (Å²) in [6.45, 7) is 0. The molecule has 2 N–H and O–H groups in total. The number of nitrogen functional groups attached to an aromatic ring is 1. The average Bonchev–Trinajstić information content (AvgIpc) is 2.48. The molecule has 0 atom stereocenters. The third-order valence-electron chi connectivity index (χ3n) is 3.00. The molecule has 0 aliphatic rings. The molecule has 5 heteroatoms. The number of ether oxygens (including phenoxy) is 1. The number of nitrogens with zero attached hydrogens (tertiary/aromatic N) is 1. The molecule has 1 amide bonds. The van der Waals surface area contributed by atoms with E-state index < -0.39 is 0 Å². The fraction of sp³-hybridized carbons (Fsp3) is 0.133. The Bertz CT molecular complexity index is 644. The molecule has 2 aromatic carbocycles. The van der Waals surface area contributed by atoms with E-state index in [0.717, 1.165) is 0 Å². The maximum Gasteiger partial charge on any atom is 0.259 e. The third kappa shape index (κ3) is 2.70. The van der Waals surface area contributed by atoms with E-state index in [0.29, 0.717) is 22.7 Å². The lowest BCUT2D eigenvalue weighted by atomic mass is 10.1. The van der Waals surface area contributed by atoms with Crippen molar-refractivity contribution in [1.29, 1.82) is 0 Å². The summed E-state index contributed by atoms with van der Waals surface area (Å²) in [5, 5.41) is 0.271. The fourth-order valence-corrected chi connectivity index (χ4v) is 2.04. The van der Waals surface area contributed by atoms with Gasteiger partial charge >= 0.3 is 0 Å². The van der Waals surface area contributed by atoms with Gasteiger partial charge in [-0.15, -0.1) is 0 Å².